The first-order valence-corrected chi connectivity index (χ1v) is 10.5. The third kappa shape index (κ3) is 2.08. The number of fused-ring (bicyclic) bond motifs is 2. The topological polar surface area (TPSA) is 125 Å². The van der Waals surface area contributed by atoms with Gasteiger partial charge >= 0.3 is 0 Å². The molecule has 1 fully saturated rings. The molecule has 142 valence electrons. The van der Waals surface area contributed by atoms with Crippen molar-refractivity contribution in [2.75, 3.05) is 18.8 Å². The first-order chi connectivity index (χ1) is 13.4. The predicted octanol–water partition coefficient (Wildman–Crippen LogP) is 1.14. The molecule has 10 heteroatoms. The van der Waals surface area contributed by atoms with Gasteiger partial charge in [0.15, 0.2) is 11.1 Å². The lowest BCUT2D eigenvalue weighted by Gasteiger charge is -2.48. The highest BCUT2D eigenvalue weighted by atomic mass is 32.2. The number of hydrogen-bond acceptors (Lipinski definition) is 6. The van der Waals surface area contributed by atoms with Gasteiger partial charge in [0.25, 0.3) is 0 Å². The fourth-order valence-electron chi connectivity index (χ4n) is 4.06. The van der Waals surface area contributed by atoms with E-state index in [1.165, 1.54) is 10.5 Å². The van der Waals surface area contributed by atoms with E-state index in [0.29, 0.717) is 27.3 Å². The largest absolute Gasteiger partial charge is 0.297 e. The number of nitrogens with one attached hydrogen (secondary N) is 1. The van der Waals surface area contributed by atoms with Gasteiger partial charge in [-0.05, 0) is 13.0 Å². The summed E-state index contributed by atoms with van der Waals surface area (Å²) in [5.74, 6) is 0.0147. The van der Waals surface area contributed by atoms with Crippen molar-refractivity contribution in [1.29, 1.82) is 5.26 Å². The van der Waals surface area contributed by atoms with Crippen LogP contribution >= 0.6 is 0 Å². The molecule has 0 atom stereocenters. The van der Waals surface area contributed by atoms with Crippen LogP contribution in [0, 0.1) is 11.3 Å². The Morgan fingerprint density at radius 2 is 2.07 bits per heavy atom. The monoisotopic (exact) mass is 396 g/mol. The Bertz CT molecular complexity index is 1440. The number of aromatic amines is 1. The normalized spacial score (nSPS) is 17.3. The maximum Gasteiger partial charge on any atom is 0.213 e. The summed E-state index contributed by atoms with van der Waals surface area (Å²) in [6, 6.07) is 3.98. The molecule has 1 aliphatic heterocycles. The van der Waals surface area contributed by atoms with Crippen LogP contribution in [0.2, 0.25) is 0 Å². The maximum absolute atomic E-state index is 13.0. The molecule has 0 saturated carbocycles. The molecular weight excluding hydrogens is 380 g/mol. The summed E-state index contributed by atoms with van der Waals surface area (Å²) < 4.78 is 27.4. The standard InChI is InChI=1S/C18H16N6O3S/c1-2-28(26,27)23-9-18(10-23,4-5-19)24-8-13-15(22-24)11-3-6-20-17-14(11)12(7-21-17)16(13)25/h3,6-8,22H,2,4,9-10H2,1H3. The summed E-state index contributed by atoms with van der Waals surface area (Å²) in [6.45, 7) is 1.99. The van der Waals surface area contributed by atoms with E-state index in [9.17, 15) is 18.5 Å². The van der Waals surface area contributed by atoms with E-state index in [4.69, 9.17) is 0 Å². The summed E-state index contributed by atoms with van der Waals surface area (Å²) in [5.41, 5.74) is 0.288. The highest BCUT2D eigenvalue weighted by molar-refractivity contribution is 7.89. The molecule has 3 aromatic heterocycles. The second kappa shape index (κ2) is 5.50. The first-order valence-electron chi connectivity index (χ1n) is 8.85. The summed E-state index contributed by atoms with van der Waals surface area (Å²) in [7, 11) is -3.33. The lowest BCUT2D eigenvalue weighted by molar-refractivity contribution is 0.0726. The minimum absolute atomic E-state index is 0.0147. The van der Waals surface area contributed by atoms with E-state index < -0.39 is 15.6 Å². The smallest absolute Gasteiger partial charge is 0.213 e. The third-order valence-corrected chi connectivity index (χ3v) is 7.43. The molecular formula is C18H16N6O3S. The molecule has 0 unspecified atom stereocenters. The fraction of sp³-hybridized carbons (Fsp3) is 0.333. The van der Waals surface area contributed by atoms with E-state index in [-0.39, 0.29) is 30.7 Å². The van der Waals surface area contributed by atoms with E-state index >= 15 is 0 Å². The number of rotatable bonds is 4. The zero-order valence-corrected chi connectivity index (χ0v) is 15.8. The molecule has 0 bridgehead atoms. The number of nitrogens with zero attached hydrogens (tertiary/aromatic N) is 5. The first kappa shape index (κ1) is 17.1. The molecule has 0 spiro atoms. The number of aromatic nitrogens is 4. The third-order valence-electron chi connectivity index (χ3n) is 5.65. The van der Waals surface area contributed by atoms with Gasteiger partial charge in [-0.2, -0.15) is 9.57 Å². The van der Waals surface area contributed by atoms with Gasteiger partial charge in [0, 0.05) is 42.5 Å². The van der Waals surface area contributed by atoms with Gasteiger partial charge in [0.05, 0.1) is 34.5 Å². The highest BCUT2D eigenvalue weighted by Gasteiger charge is 2.49. The van der Waals surface area contributed by atoms with Crippen LogP contribution in [-0.4, -0.2) is 51.3 Å². The van der Waals surface area contributed by atoms with E-state index in [1.807, 2.05) is 6.07 Å². The highest BCUT2D eigenvalue weighted by Crippen LogP contribution is 2.36. The lowest BCUT2D eigenvalue weighted by Crippen LogP contribution is -2.64. The van der Waals surface area contributed by atoms with Gasteiger partial charge in [-0.1, -0.05) is 0 Å². The van der Waals surface area contributed by atoms with Crippen LogP contribution in [-0.2, 0) is 15.6 Å². The van der Waals surface area contributed by atoms with Gasteiger partial charge in [-0.3, -0.25) is 14.6 Å². The van der Waals surface area contributed by atoms with Crippen LogP contribution in [0.25, 0.3) is 32.7 Å². The zero-order chi connectivity index (χ0) is 19.7. The Hall–Kier alpha value is -3.03. The maximum atomic E-state index is 13.0. The quantitative estimate of drug-likeness (QED) is 0.551. The SMILES string of the molecule is CCS(=O)(=O)N1CC(CC#N)(n2cc3c(=O)c4cnc5nccc(c3[nH]2)c54)C1. The molecule has 4 heterocycles. The molecule has 5 rings (SSSR count). The number of H-pyrrole nitrogens is 1. The van der Waals surface area contributed by atoms with Gasteiger partial charge in [0.2, 0.25) is 10.0 Å². The molecule has 0 aliphatic carbocycles. The van der Waals surface area contributed by atoms with Crippen LogP contribution in [0.15, 0.2) is 29.5 Å². The molecule has 28 heavy (non-hydrogen) atoms. The van der Waals surface area contributed by atoms with Crippen molar-refractivity contribution in [3.63, 3.8) is 0 Å². The van der Waals surface area contributed by atoms with Crippen molar-refractivity contribution in [2.45, 2.75) is 18.9 Å². The Kier molecular flexibility index (Phi) is 3.36. The second-order valence-electron chi connectivity index (χ2n) is 7.19. The number of nitriles is 1. The van der Waals surface area contributed by atoms with E-state index in [2.05, 4.69) is 21.1 Å². The summed E-state index contributed by atoms with van der Waals surface area (Å²) in [4.78, 5) is 21.4. The predicted molar refractivity (Wildman–Crippen MR) is 104 cm³/mol. The Balaban J connectivity index is 1.71. The van der Waals surface area contributed by atoms with Gasteiger partial charge in [-0.15, -0.1) is 0 Å². The fourth-order valence-corrected chi connectivity index (χ4v) is 5.29. The van der Waals surface area contributed by atoms with Crippen LogP contribution in [0.4, 0.5) is 0 Å². The average molecular weight is 396 g/mol. The number of benzene rings is 1. The van der Waals surface area contributed by atoms with Gasteiger partial charge < -0.3 is 0 Å². The number of sulfonamides is 1. The molecule has 0 amide bonds. The molecule has 1 saturated heterocycles. The van der Waals surface area contributed by atoms with Crippen molar-refractivity contribution < 1.29 is 8.42 Å². The lowest BCUT2D eigenvalue weighted by atomic mass is 9.89. The van der Waals surface area contributed by atoms with Crippen molar-refractivity contribution in [3.05, 3.63) is 34.9 Å². The Morgan fingerprint density at radius 1 is 1.29 bits per heavy atom. The van der Waals surface area contributed by atoms with Crippen LogP contribution < -0.4 is 5.43 Å². The summed E-state index contributed by atoms with van der Waals surface area (Å²) in [5, 5.41) is 15.1. The van der Waals surface area contributed by atoms with Crippen molar-refractivity contribution in [3.8, 4) is 6.07 Å². The van der Waals surface area contributed by atoms with Crippen LogP contribution in [0.5, 0.6) is 0 Å². The second-order valence-corrected chi connectivity index (χ2v) is 9.44. The number of hydrogen-bond donors (Lipinski definition) is 1. The molecule has 9 nitrogen and oxygen atoms in total. The van der Waals surface area contributed by atoms with Gasteiger partial charge in [0.1, 0.15) is 5.54 Å². The van der Waals surface area contributed by atoms with Crippen LogP contribution in [0.3, 0.4) is 0 Å². The molecule has 4 aromatic rings. The molecule has 1 N–H and O–H groups in total. The Labute approximate surface area is 159 Å². The van der Waals surface area contributed by atoms with Crippen molar-refractivity contribution in [2.24, 2.45) is 0 Å². The summed E-state index contributed by atoms with van der Waals surface area (Å²) >= 11 is 0. The minimum atomic E-state index is -3.33. The number of pyridine rings is 1. The van der Waals surface area contributed by atoms with Crippen molar-refractivity contribution in [1.82, 2.24) is 24.1 Å². The van der Waals surface area contributed by atoms with Crippen LogP contribution in [0.1, 0.15) is 13.3 Å². The van der Waals surface area contributed by atoms with Crippen molar-refractivity contribution >= 4 is 42.7 Å². The molecule has 0 radical (unpaired) electrons. The van der Waals surface area contributed by atoms with Gasteiger partial charge in [-0.25, -0.2) is 18.4 Å². The zero-order valence-electron chi connectivity index (χ0n) is 15.0. The van der Waals surface area contributed by atoms with E-state index in [0.717, 1.165) is 5.39 Å². The average Bonchev–Trinajstić information content (AvgIpc) is 3.28. The Morgan fingerprint density at radius 3 is 2.79 bits per heavy atom. The minimum Gasteiger partial charge on any atom is -0.297 e. The van der Waals surface area contributed by atoms with E-state index in [1.54, 1.807) is 24.0 Å². The molecule has 1 aromatic carbocycles. The molecule has 1 aliphatic rings. The summed E-state index contributed by atoms with van der Waals surface area (Å²) in [6.07, 6.45) is 5.00.